The first kappa shape index (κ1) is 12.6. The Morgan fingerprint density at radius 2 is 2.24 bits per heavy atom. The highest BCUT2D eigenvalue weighted by molar-refractivity contribution is 7.85. The second-order valence-corrected chi connectivity index (χ2v) is 6.15. The molecular weight excluding hydrogens is 234 g/mol. The topological polar surface area (TPSA) is 52.3 Å². The van der Waals surface area contributed by atoms with Crippen LogP contribution in [0.1, 0.15) is 25.3 Å². The van der Waals surface area contributed by atoms with E-state index in [1.165, 1.54) is 0 Å². The van der Waals surface area contributed by atoms with Crippen LogP contribution in [0.5, 0.6) is 0 Å². The summed E-state index contributed by atoms with van der Waals surface area (Å²) in [5, 5.41) is 0. The summed E-state index contributed by atoms with van der Waals surface area (Å²) >= 11 is 0. The van der Waals surface area contributed by atoms with Crippen LogP contribution in [0.3, 0.4) is 0 Å². The molecule has 0 spiro atoms. The van der Waals surface area contributed by atoms with E-state index in [0.717, 1.165) is 23.3 Å². The molecule has 3 atom stereocenters. The van der Waals surface area contributed by atoms with Gasteiger partial charge in [0.15, 0.2) is 0 Å². The van der Waals surface area contributed by atoms with Crippen LogP contribution in [0.25, 0.3) is 0 Å². The predicted octanol–water partition coefficient (Wildman–Crippen LogP) is 2.25. The zero-order valence-corrected chi connectivity index (χ0v) is 11.1. The normalized spacial score (nSPS) is 26.0. The third-order valence-electron chi connectivity index (χ3n) is 3.11. The van der Waals surface area contributed by atoms with E-state index in [4.69, 9.17) is 10.5 Å². The molecule has 0 aliphatic carbocycles. The Hall–Kier alpha value is -0.870. The van der Waals surface area contributed by atoms with Gasteiger partial charge in [-0.2, -0.15) is 0 Å². The first-order valence-corrected chi connectivity index (χ1v) is 7.28. The van der Waals surface area contributed by atoms with E-state index in [1.54, 1.807) is 0 Å². The largest absolute Gasteiger partial charge is 0.399 e. The summed E-state index contributed by atoms with van der Waals surface area (Å²) in [6.45, 7) is 4.03. The van der Waals surface area contributed by atoms with Crippen molar-refractivity contribution < 1.29 is 8.95 Å². The minimum atomic E-state index is -1.02. The van der Waals surface area contributed by atoms with Crippen LogP contribution in [0, 0.1) is 6.92 Å². The SMILES string of the molecule is Cc1ccc(N)cc1S(=O)CC1CCC(C)O1. The first-order chi connectivity index (χ1) is 8.06. The Kier molecular flexibility index (Phi) is 3.84. The number of aryl methyl sites for hydroxylation is 1. The van der Waals surface area contributed by atoms with Gasteiger partial charge in [0.05, 0.1) is 28.8 Å². The average Bonchev–Trinajstić information content (AvgIpc) is 2.67. The highest BCUT2D eigenvalue weighted by atomic mass is 32.2. The Labute approximate surface area is 105 Å². The fraction of sp³-hybridized carbons (Fsp3) is 0.538. The predicted molar refractivity (Wildman–Crippen MR) is 70.4 cm³/mol. The van der Waals surface area contributed by atoms with E-state index in [-0.39, 0.29) is 6.10 Å². The number of benzene rings is 1. The van der Waals surface area contributed by atoms with Gasteiger partial charge in [0, 0.05) is 10.6 Å². The molecule has 1 aromatic carbocycles. The van der Waals surface area contributed by atoms with Gasteiger partial charge in [-0.3, -0.25) is 4.21 Å². The molecule has 1 aliphatic heterocycles. The van der Waals surface area contributed by atoms with Crippen LogP contribution < -0.4 is 5.73 Å². The Balaban J connectivity index is 2.06. The van der Waals surface area contributed by atoms with Gasteiger partial charge in [-0.1, -0.05) is 6.07 Å². The van der Waals surface area contributed by atoms with Crippen molar-refractivity contribution in [2.24, 2.45) is 0 Å². The molecule has 1 aromatic rings. The lowest BCUT2D eigenvalue weighted by atomic mass is 10.2. The van der Waals surface area contributed by atoms with Crippen LogP contribution in [0.15, 0.2) is 23.1 Å². The van der Waals surface area contributed by atoms with E-state index in [9.17, 15) is 4.21 Å². The maximum atomic E-state index is 12.3. The smallest absolute Gasteiger partial charge is 0.0698 e. The third-order valence-corrected chi connectivity index (χ3v) is 4.72. The standard InChI is InChI=1S/C13H19NO2S/c1-9-3-5-11(14)7-13(9)17(15)8-12-6-4-10(2)16-12/h3,5,7,10,12H,4,6,8,14H2,1-2H3. The van der Waals surface area contributed by atoms with E-state index in [2.05, 4.69) is 6.92 Å². The second-order valence-electron chi connectivity index (χ2n) is 4.68. The number of nitrogen functional groups attached to an aromatic ring is 1. The summed E-state index contributed by atoms with van der Waals surface area (Å²) in [5.41, 5.74) is 7.43. The summed E-state index contributed by atoms with van der Waals surface area (Å²) in [7, 11) is -1.02. The number of anilines is 1. The van der Waals surface area contributed by atoms with Gasteiger partial charge in [-0.15, -0.1) is 0 Å². The fourth-order valence-electron chi connectivity index (χ4n) is 2.13. The van der Waals surface area contributed by atoms with Crippen LogP contribution in [0.2, 0.25) is 0 Å². The summed E-state index contributed by atoms with van der Waals surface area (Å²) in [4.78, 5) is 0.841. The molecule has 0 saturated carbocycles. The molecule has 1 saturated heterocycles. The minimum Gasteiger partial charge on any atom is -0.399 e. The maximum absolute atomic E-state index is 12.3. The maximum Gasteiger partial charge on any atom is 0.0698 e. The van der Waals surface area contributed by atoms with Crippen LogP contribution in [-0.2, 0) is 15.5 Å². The van der Waals surface area contributed by atoms with Crippen molar-refractivity contribution >= 4 is 16.5 Å². The number of ether oxygens (including phenoxy) is 1. The first-order valence-electron chi connectivity index (χ1n) is 5.96. The third kappa shape index (κ3) is 3.07. The molecule has 0 bridgehead atoms. The lowest BCUT2D eigenvalue weighted by molar-refractivity contribution is 0.0695. The Bertz CT molecular complexity index is 433. The van der Waals surface area contributed by atoms with Crippen LogP contribution in [0.4, 0.5) is 5.69 Å². The summed E-state index contributed by atoms with van der Waals surface area (Å²) < 4.78 is 18.0. The highest BCUT2D eigenvalue weighted by Crippen LogP contribution is 2.23. The second kappa shape index (κ2) is 5.19. The van der Waals surface area contributed by atoms with Crippen molar-refractivity contribution in [2.45, 2.75) is 43.8 Å². The van der Waals surface area contributed by atoms with Gasteiger partial charge in [0.1, 0.15) is 0 Å². The van der Waals surface area contributed by atoms with Gasteiger partial charge in [-0.25, -0.2) is 0 Å². The van der Waals surface area contributed by atoms with Gasteiger partial charge in [0.25, 0.3) is 0 Å². The molecule has 1 aliphatic rings. The van der Waals surface area contributed by atoms with E-state index in [0.29, 0.717) is 17.5 Å². The molecule has 0 aromatic heterocycles. The van der Waals surface area contributed by atoms with Gasteiger partial charge in [-0.05, 0) is 44.4 Å². The Morgan fingerprint density at radius 1 is 1.47 bits per heavy atom. The molecule has 3 unspecified atom stereocenters. The molecule has 1 heterocycles. The van der Waals surface area contributed by atoms with Crippen molar-refractivity contribution in [3.8, 4) is 0 Å². The number of hydrogen-bond donors (Lipinski definition) is 1. The lowest BCUT2D eigenvalue weighted by Gasteiger charge is -2.12. The van der Waals surface area contributed by atoms with Crippen LogP contribution in [-0.4, -0.2) is 22.2 Å². The van der Waals surface area contributed by atoms with Crippen molar-refractivity contribution in [1.29, 1.82) is 0 Å². The zero-order chi connectivity index (χ0) is 12.4. The zero-order valence-electron chi connectivity index (χ0n) is 10.3. The monoisotopic (exact) mass is 253 g/mol. The molecule has 94 valence electrons. The Morgan fingerprint density at radius 3 is 2.88 bits per heavy atom. The van der Waals surface area contributed by atoms with Crippen molar-refractivity contribution in [1.82, 2.24) is 0 Å². The average molecular weight is 253 g/mol. The number of hydrogen-bond acceptors (Lipinski definition) is 3. The van der Waals surface area contributed by atoms with E-state index >= 15 is 0 Å². The number of rotatable bonds is 3. The molecule has 2 rings (SSSR count). The summed E-state index contributed by atoms with van der Waals surface area (Å²) in [5.74, 6) is 0.578. The van der Waals surface area contributed by atoms with E-state index in [1.807, 2.05) is 25.1 Å². The van der Waals surface area contributed by atoms with Gasteiger partial charge in [0.2, 0.25) is 0 Å². The molecule has 3 nitrogen and oxygen atoms in total. The van der Waals surface area contributed by atoms with Crippen molar-refractivity contribution in [3.63, 3.8) is 0 Å². The van der Waals surface area contributed by atoms with E-state index < -0.39 is 10.8 Å². The molecule has 0 radical (unpaired) electrons. The fourth-order valence-corrected chi connectivity index (χ4v) is 3.59. The molecule has 2 N–H and O–H groups in total. The van der Waals surface area contributed by atoms with Crippen LogP contribution >= 0.6 is 0 Å². The summed E-state index contributed by atoms with van der Waals surface area (Å²) in [6, 6.07) is 5.56. The quantitative estimate of drug-likeness (QED) is 0.841. The summed E-state index contributed by atoms with van der Waals surface area (Å²) in [6.07, 6.45) is 2.51. The molecular formula is C13H19NO2S. The molecule has 17 heavy (non-hydrogen) atoms. The van der Waals surface area contributed by atoms with Gasteiger partial charge >= 0.3 is 0 Å². The highest BCUT2D eigenvalue weighted by Gasteiger charge is 2.24. The molecule has 0 amide bonds. The minimum absolute atomic E-state index is 0.131. The number of nitrogens with two attached hydrogens (primary N) is 1. The lowest BCUT2D eigenvalue weighted by Crippen LogP contribution is -2.17. The van der Waals surface area contributed by atoms with Crippen molar-refractivity contribution in [2.75, 3.05) is 11.5 Å². The van der Waals surface area contributed by atoms with Gasteiger partial charge < -0.3 is 10.5 Å². The van der Waals surface area contributed by atoms with Crippen molar-refractivity contribution in [3.05, 3.63) is 23.8 Å². The molecule has 1 fully saturated rings. The molecule has 4 heteroatoms.